The lowest BCUT2D eigenvalue weighted by atomic mass is 9.88. The SMILES string of the molecule is CCOC(=O)CCc1cc(F)c(F)c(OCC(CNC(C)(C)CC2Cc3ccccc3C2)OC(=O)c2ccccc2)c1. The summed E-state index contributed by atoms with van der Waals surface area (Å²) >= 11 is 0. The van der Waals surface area contributed by atoms with Crippen LogP contribution in [0.3, 0.4) is 0 Å². The molecule has 8 heteroatoms. The average molecular weight is 580 g/mol. The molecule has 0 bridgehead atoms. The van der Waals surface area contributed by atoms with Crippen LogP contribution in [0.4, 0.5) is 8.78 Å². The molecule has 224 valence electrons. The molecule has 4 rings (SSSR count). The van der Waals surface area contributed by atoms with Gasteiger partial charge in [-0.1, -0.05) is 42.5 Å². The fourth-order valence-corrected chi connectivity index (χ4v) is 5.44. The molecule has 0 heterocycles. The number of aryl methyl sites for hydroxylation is 1. The maximum atomic E-state index is 14.7. The van der Waals surface area contributed by atoms with Crippen LogP contribution in [0.25, 0.3) is 0 Å². The molecule has 3 aromatic carbocycles. The van der Waals surface area contributed by atoms with Gasteiger partial charge >= 0.3 is 11.9 Å². The second-order valence-corrected chi connectivity index (χ2v) is 11.4. The normalized spacial score (nSPS) is 13.8. The first-order valence-corrected chi connectivity index (χ1v) is 14.5. The highest BCUT2D eigenvalue weighted by Crippen LogP contribution is 2.32. The van der Waals surface area contributed by atoms with Gasteiger partial charge in [0.15, 0.2) is 11.6 Å². The van der Waals surface area contributed by atoms with Gasteiger partial charge in [0.2, 0.25) is 5.82 Å². The van der Waals surface area contributed by atoms with Crippen molar-refractivity contribution in [2.45, 2.75) is 64.5 Å². The number of benzene rings is 3. The van der Waals surface area contributed by atoms with E-state index in [2.05, 4.69) is 43.4 Å². The summed E-state index contributed by atoms with van der Waals surface area (Å²) in [7, 11) is 0. The number of esters is 2. The van der Waals surface area contributed by atoms with Gasteiger partial charge in [0.25, 0.3) is 0 Å². The molecule has 0 saturated heterocycles. The molecule has 3 aromatic rings. The lowest BCUT2D eigenvalue weighted by Gasteiger charge is -2.31. The number of carbonyl (C=O) groups excluding carboxylic acids is 2. The Kier molecular flexibility index (Phi) is 10.7. The summed E-state index contributed by atoms with van der Waals surface area (Å²) in [4.78, 5) is 24.6. The lowest BCUT2D eigenvalue weighted by molar-refractivity contribution is -0.143. The molecule has 0 radical (unpaired) electrons. The predicted octanol–water partition coefficient (Wildman–Crippen LogP) is 6.24. The molecule has 6 nitrogen and oxygen atoms in total. The number of carbonyl (C=O) groups is 2. The lowest BCUT2D eigenvalue weighted by Crippen LogP contribution is -2.47. The summed E-state index contributed by atoms with van der Waals surface area (Å²) in [6, 6.07) is 19.5. The highest BCUT2D eigenvalue weighted by atomic mass is 19.2. The second kappa shape index (κ2) is 14.4. The number of fused-ring (bicyclic) bond motifs is 1. The zero-order chi connectivity index (χ0) is 30.1. The molecule has 0 amide bonds. The molecule has 1 aliphatic rings. The molecular formula is C34H39F2NO5. The van der Waals surface area contributed by atoms with E-state index in [1.165, 1.54) is 17.2 Å². The molecule has 1 N–H and O–H groups in total. The average Bonchev–Trinajstić information content (AvgIpc) is 3.37. The first-order chi connectivity index (χ1) is 20.1. The fourth-order valence-electron chi connectivity index (χ4n) is 5.44. The summed E-state index contributed by atoms with van der Waals surface area (Å²) in [5, 5.41) is 3.51. The molecule has 0 spiro atoms. The Morgan fingerprint density at radius 1 is 1.00 bits per heavy atom. The first kappa shape index (κ1) is 31.2. The Balaban J connectivity index is 1.42. The van der Waals surface area contributed by atoms with E-state index in [1.54, 1.807) is 37.3 Å². The van der Waals surface area contributed by atoms with Gasteiger partial charge in [-0.25, -0.2) is 9.18 Å². The Hall–Kier alpha value is -3.78. The Labute approximate surface area is 246 Å². The van der Waals surface area contributed by atoms with E-state index in [4.69, 9.17) is 14.2 Å². The smallest absolute Gasteiger partial charge is 0.338 e. The quantitative estimate of drug-likeness (QED) is 0.228. The molecule has 1 aliphatic carbocycles. The van der Waals surface area contributed by atoms with E-state index >= 15 is 0 Å². The number of nitrogens with one attached hydrogen (secondary N) is 1. The van der Waals surface area contributed by atoms with E-state index in [1.807, 2.05) is 0 Å². The van der Waals surface area contributed by atoms with Gasteiger partial charge in [-0.2, -0.15) is 4.39 Å². The molecule has 0 aliphatic heterocycles. The van der Waals surface area contributed by atoms with Gasteiger partial charge in [-0.15, -0.1) is 0 Å². The van der Waals surface area contributed by atoms with Crippen LogP contribution in [0.15, 0.2) is 66.7 Å². The number of halogens is 2. The monoisotopic (exact) mass is 579 g/mol. The Bertz CT molecular complexity index is 1340. The highest BCUT2D eigenvalue weighted by molar-refractivity contribution is 5.89. The van der Waals surface area contributed by atoms with Crippen molar-refractivity contribution in [2.75, 3.05) is 19.8 Å². The maximum Gasteiger partial charge on any atom is 0.338 e. The third kappa shape index (κ3) is 8.86. The topological polar surface area (TPSA) is 73.9 Å². The van der Waals surface area contributed by atoms with Gasteiger partial charge in [-0.3, -0.25) is 4.79 Å². The summed E-state index contributed by atoms with van der Waals surface area (Å²) in [6.45, 7) is 6.20. The summed E-state index contributed by atoms with van der Waals surface area (Å²) < 4.78 is 45.5. The van der Waals surface area contributed by atoms with Gasteiger partial charge in [0.1, 0.15) is 12.7 Å². The molecular weight excluding hydrogens is 540 g/mol. The third-order valence-electron chi connectivity index (χ3n) is 7.43. The third-order valence-corrected chi connectivity index (χ3v) is 7.43. The minimum atomic E-state index is -1.14. The molecule has 0 aromatic heterocycles. The Morgan fingerprint density at radius 3 is 2.33 bits per heavy atom. The van der Waals surface area contributed by atoms with E-state index in [0.29, 0.717) is 17.0 Å². The van der Waals surface area contributed by atoms with Crippen molar-refractivity contribution in [3.8, 4) is 5.75 Å². The minimum absolute atomic E-state index is 0.0285. The Morgan fingerprint density at radius 2 is 1.67 bits per heavy atom. The van der Waals surface area contributed by atoms with Crippen LogP contribution in [0.1, 0.15) is 60.7 Å². The molecule has 1 unspecified atom stereocenters. The van der Waals surface area contributed by atoms with Crippen molar-refractivity contribution >= 4 is 11.9 Å². The maximum absolute atomic E-state index is 14.7. The molecule has 1 atom stereocenters. The first-order valence-electron chi connectivity index (χ1n) is 14.5. The second-order valence-electron chi connectivity index (χ2n) is 11.4. The van der Waals surface area contributed by atoms with Gasteiger partial charge < -0.3 is 19.5 Å². The zero-order valence-electron chi connectivity index (χ0n) is 24.5. The largest absolute Gasteiger partial charge is 0.486 e. The van der Waals surface area contributed by atoms with E-state index in [0.717, 1.165) is 25.3 Å². The van der Waals surface area contributed by atoms with Crippen LogP contribution in [-0.4, -0.2) is 43.3 Å². The number of hydrogen-bond donors (Lipinski definition) is 1. The highest BCUT2D eigenvalue weighted by Gasteiger charge is 2.29. The van der Waals surface area contributed by atoms with Crippen molar-refractivity contribution in [1.82, 2.24) is 5.32 Å². The van der Waals surface area contributed by atoms with E-state index in [9.17, 15) is 18.4 Å². The van der Waals surface area contributed by atoms with Gasteiger partial charge in [0, 0.05) is 18.5 Å². The van der Waals surface area contributed by atoms with Crippen molar-refractivity contribution in [2.24, 2.45) is 5.92 Å². The van der Waals surface area contributed by atoms with Gasteiger partial charge in [-0.05, 0) is 93.3 Å². The molecule has 42 heavy (non-hydrogen) atoms. The fraction of sp³-hybridized carbons (Fsp3) is 0.412. The standard InChI is InChI=1S/C34H39F2NO5/c1-4-40-31(38)15-14-23-18-29(35)32(36)30(19-23)41-22-28(42-33(39)25-10-6-5-7-11-25)21-37-34(2,3)20-24-16-26-12-8-9-13-27(26)17-24/h5-13,18-19,24,28,37H,4,14-17,20-22H2,1-3H3. The summed E-state index contributed by atoms with van der Waals surface area (Å²) in [5.74, 6) is -3.01. The number of ether oxygens (including phenoxy) is 3. The van der Waals surface area contributed by atoms with Crippen molar-refractivity contribution < 1.29 is 32.6 Å². The van der Waals surface area contributed by atoms with E-state index < -0.39 is 29.7 Å². The minimum Gasteiger partial charge on any atom is -0.486 e. The van der Waals surface area contributed by atoms with Gasteiger partial charge in [0.05, 0.1) is 12.2 Å². The van der Waals surface area contributed by atoms with Crippen LogP contribution in [-0.2, 0) is 33.5 Å². The molecule has 0 saturated carbocycles. The van der Waals surface area contributed by atoms with Crippen LogP contribution in [0.5, 0.6) is 5.75 Å². The van der Waals surface area contributed by atoms with Crippen molar-refractivity contribution in [3.63, 3.8) is 0 Å². The summed E-state index contributed by atoms with van der Waals surface area (Å²) in [6.07, 6.45) is 2.36. The van der Waals surface area contributed by atoms with Crippen LogP contribution < -0.4 is 10.1 Å². The van der Waals surface area contributed by atoms with Crippen LogP contribution >= 0.6 is 0 Å². The van der Waals surface area contributed by atoms with E-state index in [-0.39, 0.29) is 43.9 Å². The van der Waals surface area contributed by atoms with Crippen LogP contribution in [0.2, 0.25) is 0 Å². The van der Waals surface area contributed by atoms with Crippen LogP contribution in [0, 0.1) is 17.6 Å². The summed E-state index contributed by atoms with van der Waals surface area (Å²) in [5.41, 5.74) is 3.27. The number of hydrogen-bond acceptors (Lipinski definition) is 6. The zero-order valence-corrected chi connectivity index (χ0v) is 24.5. The molecule has 0 fully saturated rings. The van der Waals surface area contributed by atoms with Crippen molar-refractivity contribution in [1.29, 1.82) is 0 Å². The number of rotatable bonds is 14. The van der Waals surface area contributed by atoms with Crippen molar-refractivity contribution in [3.05, 3.63) is 101 Å². The predicted molar refractivity (Wildman–Crippen MR) is 156 cm³/mol.